The molecule has 0 spiro atoms. The van der Waals surface area contributed by atoms with Crippen LogP contribution in [-0.4, -0.2) is 81.0 Å². The Bertz CT molecular complexity index is 1020. The fraction of sp³-hybridized carbons (Fsp3) is 0.348. The van der Waals surface area contributed by atoms with Gasteiger partial charge in [-0.2, -0.15) is 0 Å². The predicted molar refractivity (Wildman–Crippen MR) is 116 cm³/mol. The molecule has 1 saturated heterocycles. The highest BCUT2D eigenvalue weighted by Gasteiger charge is 2.44. The fourth-order valence-corrected chi connectivity index (χ4v) is 3.20. The maximum atomic E-state index is 12.0. The number of phenols is 2. The lowest BCUT2D eigenvalue weighted by Gasteiger charge is -2.39. The summed E-state index contributed by atoms with van der Waals surface area (Å²) in [4.78, 5) is 12.0. The summed E-state index contributed by atoms with van der Waals surface area (Å²) < 4.78 is 21.4. The SMILES string of the molecule is COc1cc(COC(=O)/C=C/c2ccc(O)c(O)c2)ccc1O[C@@H]1O[C@H](CO)[C@@H](O)[C@H](O)[C@H]1O. The molecule has 34 heavy (non-hydrogen) atoms. The van der Waals surface area contributed by atoms with E-state index in [1.54, 1.807) is 6.07 Å². The molecule has 11 heteroatoms. The van der Waals surface area contributed by atoms with E-state index in [2.05, 4.69) is 0 Å². The van der Waals surface area contributed by atoms with Gasteiger partial charge >= 0.3 is 5.97 Å². The summed E-state index contributed by atoms with van der Waals surface area (Å²) in [6.07, 6.45) is -4.58. The summed E-state index contributed by atoms with van der Waals surface area (Å²) in [5, 5.41) is 58.0. The molecule has 2 aromatic carbocycles. The molecule has 0 aromatic heterocycles. The van der Waals surface area contributed by atoms with E-state index in [1.165, 1.54) is 49.6 Å². The Morgan fingerprint density at radius 1 is 1.00 bits per heavy atom. The smallest absolute Gasteiger partial charge is 0.331 e. The first-order valence-electron chi connectivity index (χ1n) is 10.2. The van der Waals surface area contributed by atoms with Crippen molar-refractivity contribution in [1.29, 1.82) is 0 Å². The van der Waals surface area contributed by atoms with E-state index in [-0.39, 0.29) is 29.6 Å². The number of aliphatic hydroxyl groups is 4. The predicted octanol–water partition coefficient (Wildman–Crippen LogP) is 0.0417. The molecule has 11 nitrogen and oxygen atoms in total. The van der Waals surface area contributed by atoms with Crippen LogP contribution in [0.2, 0.25) is 0 Å². The Labute approximate surface area is 194 Å². The van der Waals surface area contributed by atoms with Gasteiger partial charge in [0, 0.05) is 6.08 Å². The summed E-state index contributed by atoms with van der Waals surface area (Å²) in [7, 11) is 1.38. The molecule has 1 aliphatic heterocycles. The molecule has 1 fully saturated rings. The number of hydrogen-bond acceptors (Lipinski definition) is 11. The van der Waals surface area contributed by atoms with Crippen LogP contribution < -0.4 is 9.47 Å². The Balaban J connectivity index is 1.61. The monoisotopic (exact) mass is 478 g/mol. The second-order valence-corrected chi connectivity index (χ2v) is 7.49. The zero-order chi connectivity index (χ0) is 24.8. The Morgan fingerprint density at radius 3 is 2.44 bits per heavy atom. The number of phenolic OH excluding ortho intramolecular Hbond substituents is 2. The van der Waals surface area contributed by atoms with Crippen molar-refractivity contribution in [2.24, 2.45) is 0 Å². The van der Waals surface area contributed by atoms with Gasteiger partial charge in [-0.25, -0.2) is 4.79 Å². The summed E-state index contributed by atoms with van der Waals surface area (Å²) in [6.45, 7) is -0.685. The molecular formula is C23H26O11. The quantitative estimate of drug-likeness (QED) is 0.172. The summed E-state index contributed by atoms with van der Waals surface area (Å²) >= 11 is 0. The standard InChI is InChI=1S/C23H26O11/c1-31-17-9-13(11-32-19(27)7-4-12-2-5-14(25)15(26)8-12)3-6-16(17)33-23-22(30)21(29)20(28)18(10-24)34-23/h2-9,18,20-26,28-30H,10-11H2,1H3/b7-4+/t18-,20-,21+,22-,23-/m1/s1. The molecule has 2 aromatic rings. The van der Waals surface area contributed by atoms with Crippen molar-refractivity contribution in [3.8, 4) is 23.0 Å². The van der Waals surface area contributed by atoms with Gasteiger partial charge in [0.2, 0.25) is 6.29 Å². The first-order chi connectivity index (χ1) is 16.2. The van der Waals surface area contributed by atoms with Gasteiger partial charge in [-0.1, -0.05) is 12.1 Å². The van der Waals surface area contributed by atoms with Crippen molar-refractivity contribution in [2.75, 3.05) is 13.7 Å². The number of carbonyl (C=O) groups excluding carboxylic acids is 1. The van der Waals surface area contributed by atoms with Gasteiger partial charge in [-0.05, 0) is 41.5 Å². The van der Waals surface area contributed by atoms with E-state index >= 15 is 0 Å². The third kappa shape index (κ3) is 5.95. The van der Waals surface area contributed by atoms with Gasteiger partial charge < -0.3 is 49.6 Å². The minimum atomic E-state index is -1.58. The number of methoxy groups -OCH3 is 1. The van der Waals surface area contributed by atoms with Crippen LogP contribution in [0.25, 0.3) is 6.08 Å². The Hall–Kier alpha value is -3.35. The minimum absolute atomic E-state index is 0.0965. The maximum Gasteiger partial charge on any atom is 0.331 e. The van der Waals surface area contributed by atoms with Gasteiger partial charge in [0.15, 0.2) is 23.0 Å². The molecule has 0 aliphatic carbocycles. The zero-order valence-corrected chi connectivity index (χ0v) is 18.1. The zero-order valence-electron chi connectivity index (χ0n) is 18.1. The molecule has 1 aliphatic rings. The van der Waals surface area contributed by atoms with Crippen LogP contribution in [0.1, 0.15) is 11.1 Å². The van der Waals surface area contributed by atoms with Crippen molar-refractivity contribution in [1.82, 2.24) is 0 Å². The minimum Gasteiger partial charge on any atom is -0.504 e. The van der Waals surface area contributed by atoms with Crippen molar-refractivity contribution < 1.29 is 54.4 Å². The maximum absolute atomic E-state index is 12.0. The third-order valence-electron chi connectivity index (χ3n) is 5.11. The molecular weight excluding hydrogens is 452 g/mol. The molecule has 0 radical (unpaired) electrons. The van der Waals surface area contributed by atoms with Crippen molar-refractivity contribution >= 4 is 12.0 Å². The van der Waals surface area contributed by atoms with E-state index in [0.29, 0.717) is 11.1 Å². The van der Waals surface area contributed by atoms with Crippen LogP contribution in [0.15, 0.2) is 42.5 Å². The average Bonchev–Trinajstić information content (AvgIpc) is 2.84. The number of esters is 1. The molecule has 184 valence electrons. The van der Waals surface area contributed by atoms with Crippen LogP contribution in [0, 0.1) is 0 Å². The van der Waals surface area contributed by atoms with E-state index in [1.807, 2.05) is 0 Å². The van der Waals surface area contributed by atoms with E-state index < -0.39 is 43.3 Å². The molecule has 1 heterocycles. The molecule has 0 bridgehead atoms. The molecule has 3 rings (SSSR count). The third-order valence-corrected chi connectivity index (χ3v) is 5.11. The number of aliphatic hydroxyl groups excluding tert-OH is 4. The van der Waals surface area contributed by atoms with Gasteiger partial charge in [-0.3, -0.25) is 0 Å². The number of hydrogen-bond donors (Lipinski definition) is 6. The largest absolute Gasteiger partial charge is 0.504 e. The molecule has 0 amide bonds. The van der Waals surface area contributed by atoms with Crippen LogP contribution >= 0.6 is 0 Å². The normalized spacial score (nSPS) is 24.7. The van der Waals surface area contributed by atoms with Gasteiger partial charge in [0.25, 0.3) is 0 Å². The van der Waals surface area contributed by atoms with Crippen LogP contribution in [-0.2, 0) is 20.9 Å². The average molecular weight is 478 g/mol. The molecule has 5 atom stereocenters. The van der Waals surface area contributed by atoms with Crippen LogP contribution in [0.3, 0.4) is 0 Å². The summed E-state index contributed by atoms with van der Waals surface area (Å²) in [6, 6.07) is 8.69. The van der Waals surface area contributed by atoms with Crippen molar-refractivity contribution in [3.63, 3.8) is 0 Å². The number of ether oxygens (including phenoxy) is 4. The van der Waals surface area contributed by atoms with Gasteiger partial charge in [0.05, 0.1) is 13.7 Å². The first kappa shape index (κ1) is 25.3. The lowest BCUT2D eigenvalue weighted by molar-refractivity contribution is -0.277. The summed E-state index contributed by atoms with van der Waals surface area (Å²) in [5.41, 5.74) is 1.05. The summed E-state index contributed by atoms with van der Waals surface area (Å²) in [5.74, 6) is -0.857. The Morgan fingerprint density at radius 2 is 1.76 bits per heavy atom. The molecule has 0 unspecified atom stereocenters. The fourth-order valence-electron chi connectivity index (χ4n) is 3.20. The Kier molecular flexibility index (Phi) is 8.31. The number of aromatic hydroxyl groups is 2. The van der Waals surface area contributed by atoms with Gasteiger partial charge in [-0.15, -0.1) is 0 Å². The topological polar surface area (TPSA) is 175 Å². The van der Waals surface area contributed by atoms with Crippen LogP contribution in [0.4, 0.5) is 0 Å². The lowest BCUT2D eigenvalue weighted by atomic mass is 9.99. The highest BCUT2D eigenvalue weighted by molar-refractivity contribution is 5.87. The first-order valence-corrected chi connectivity index (χ1v) is 10.2. The number of benzene rings is 2. The lowest BCUT2D eigenvalue weighted by Crippen LogP contribution is -2.60. The highest BCUT2D eigenvalue weighted by atomic mass is 16.7. The van der Waals surface area contributed by atoms with Crippen molar-refractivity contribution in [2.45, 2.75) is 37.3 Å². The van der Waals surface area contributed by atoms with Crippen molar-refractivity contribution in [3.05, 3.63) is 53.6 Å². The molecule has 6 N–H and O–H groups in total. The second kappa shape index (κ2) is 11.2. The number of rotatable bonds is 8. The number of carbonyl (C=O) groups is 1. The molecule has 0 saturated carbocycles. The van der Waals surface area contributed by atoms with Crippen LogP contribution in [0.5, 0.6) is 23.0 Å². The van der Waals surface area contributed by atoms with E-state index in [0.717, 1.165) is 0 Å². The van der Waals surface area contributed by atoms with E-state index in [9.17, 15) is 35.4 Å². The van der Waals surface area contributed by atoms with E-state index in [4.69, 9.17) is 18.9 Å². The second-order valence-electron chi connectivity index (χ2n) is 7.49. The highest BCUT2D eigenvalue weighted by Crippen LogP contribution is 2.32. The van der Waals surface area contributed by atoms with Gasteiger partial charge in [0.1, 0.15) is 31.0 Å².